The van der Waals surface area contributed by atoms with Crippen molar-refractivity contribution in [1.82, 2.24) is 30.1 Å². The Bertz CT molecular complexity index is 3390. The first kappa shape index (κ1) is 61.8. The Balaban J connectivity index is 0.855. The molecule has 5 amide bonds. The molecule has 5 aromatic rings. The molecule has 2 fully saturated rings. The van der Waals surface area contributed by atoms with E-state index in [4.69, 9.17) is 40.0 Å². The van der Waals surface area contributed by atoms with Gasteiger partial charge in [0.15, 0.2) is 5.72 Å². The molecule has 1 aromatic heterocycles. The number of aromatic nitrogens is 1. The van der Waals surface area contributed by atoms with Crippen LogP contribution in [0.5, 0.6) is 5.75 Å². The van der Waals surface area contributed by atoms with Gasteiger partial charge in [-0.1, -0.05) is 109 Å². The van der Waals surface area contributed by atoms with Crippen LogP contribution in [0.4, 0.5) is 15.3 Å². The van der Waals surface area contributed by atoms with Crippen molar-refractivity contribution < 1.29 is 62.3 Å². The molecule has 1 aliphatic carbocycles. The minimum Gasteiger partial charge on any atom is -0.495 e. The molecule has 2 unspecified atom stereocenters. The summed E-state index contributed by atoms with van der Waals surface area (Å²) < 4.78 is 37.6. The molecule has 0 radical (unpaired) electrons. The predicted molar refractivity (Wildman–Crippen MR) is 319 cm³/mol. The van der Waals surface area contributed by atoms with Crippen LogP contribution in [-0.2, 0) is 62.4 Å². The third kappa shape index (κ3) is 12.9. The number of likely N-dealkylation sites (N-methyl/N-ethyl adjacent to an activating group) is 1. The van der Waals surface area contributed by atoms with Gasteiger partial charge in [-0.15, -0.1) is 0 Å². The zero-order valence-corrected chi connectivity index (χ0v) is 50.7. The maximum Gasteiger partial charge on any atom is 0.424 e. The number of aryl methyl sites for hydroxylation is 1. The van der Waals surface area contributed by atoms with Gasteiger partial charge in [-0.3, -0.25) is 19.7 Å². The SMILES string of the molecule is COc1cc2cc(c1Cl)N(C)C(=O)C[C@H](OC(=O)[C@H](C)N(C)C(=O)C(C)NC(=O)CCn1c(CN(C)N(C)C(=O)OCC3c4ccccc4-c4ccccc43)cc3ccccc31)[C@]1(C)OC1[C@H](C)[C@@H]1C[C@@](O)(NC(=O)O1)[C@H](OC)/C=C/C=C(\C)C2. The van der Waals surface area contributed by atoms with E-state index in [2.05, 4.69) is 34.9 Å². The normalized spacial score (nSPS) is 24.8. The summed E-state index contributed by atoms with van der Waals surface area (Å²) in [6, 6.07) is 27.3. The van der Waals surface area contributed by atoms with Crippen molar-refractivity contribution in [2.45, 2.75) is 127 Å². The quantitative estimate of drug-likeness (QED) is 0.0388. The summed E-state index contributed by atoms with van der Waals surface area (Å²) in [5.41, 5.74) is 4.98. The molecule has 4 heterocycles. The Labute approximate surface area is 500 Å². The summed E-state index contributed by atoms with van der Waals surface area (Å²) in [6.07, 6.45) is -0.241. The fourth-order valence-corrected chi connectivity index (χ4v) is 12.2. The van der Waals surface area contributed by atoms with E-state index in [1.54, 1.807) is 64.3 Å². The number of ether oxygens (including phenoxy) is 6. The van der Waals surface area contributed by atoms with Gasteiger partial charge in [-0.2, -0.15) is 0 Å². The van der Waals surface area contributed by atoms with Gasteiger partial charge in [0.1, 0.15) is 53.4 Å². The van der Waals surface area contributed by atoms with Crippen LogP contribution in [0.15, 0.2) is 115 Å². The van der Waals surface area contributed by atoms with Crippen molar-refractivity contribution in [3.63, 3.8) is 0 Å². The number of carbonyl (C=O) groups excluding carboxylic acids is 6. The van der Waals surface area contributed by atoms with Gasteiger partial charge < -0.3 is 53.2 Å². The summed E-state index contributed by atoms with van der Waals surface area (Å²) in [5.74, 6) is -2.75. The maximum atomic E-state index is 14.5. The summed E-state index contributed by atoms with van der Waals surface area (Å²) in [4.78, 5) is 86.0. The van der Waals surface area contributed by atoms with Gasteiger partial charge >= 0.3 is 18.2 Å². The first-order valence-electron chi connectivity index (χ1n) is 28.5. The van der Waals surface area contributed by atoms with Gasteiger partial charge in [0.2, 0.25) is 17.7 Å². The van der Waals surface area contributed by atoms with Gasteiger partial charge in [0.25, 0.3) is 0 Å². The molecule has 4 aliphatic rings. The number of epoxide rings is 1. The molecule has 2 saturated heterocycles. The number of rotatable bonds is 15. The number of alkyl carbamates (subject to hydrolysis) is 1. The van der Waals surface area contributed by atoms with Gasteiger partial charge in [0.05, 0.1) is 31.9 Å². The van der Waals surface area contributed by atoms with E-state index >= 15 is 0 Å². The number of halogens is 1. The van der Waals surface area contributed by atoms with Crippen molar-refractivity contribution in [2.75, 3.05) is 53.9 Å². The Kier molecular flexibility index (Phi) is 18.5. The zero-order valence-electron chi connectivity index (χ0n) is 49.9. The molecule has 21 heteroatoms. The van der Waals surface area contributed by atoms with Crippen LogP contribution in [0.25, 0.3) is 22.0 Å². The second kappa shape index (κ2) is 25.5. The van der Waals surface area contributed by atoms with Crippen molar-refractivity contribution >= 4 is 64.1 Å². The van der Waals surface area contributed by atoms with Crippen LogP contribution in [-0.4, -0.2) is 157 Å². The van der Waals surface area contributed by atoms with Crippen molar-refractivity contribution in [3.05, 3.63) is 142 Å². The summed E-state index contributed by atoms with van der Waals surface area (Å²) in [6.45, 7) is 9.07. The molecule has 0 spiro atoms. The number of aliphatic hydroxyl groups is 1. The number of allylic oxidation sites excluding steroid dienone is 3. The molecule has 4 aromatic carbocycles. The van der Waals surface area contributed by atoms with Crippen LogP contribution in [0.3, 0.4) is 0 Å². The molecular weight excluding hydrogens is 1110 g/mol. The molecule has 0 saturated carbocycles. The monoisotopic (exact) mass is 1190 g/mol. The van der Waals surface area contributed by atoms with Gasteiger partial charge in [0, 0.05) is 77.7 Å². The van der Waals surface area contributed by atoms with E-state index in [-0.39, 0.29) is 36.9 Å². The van der Waals surface area contributed by atoms with Crippen LogP contribution in [0.2, 0.25) is 5.02 Å². The molecule has 3 N–H and O–H groups in total. The van der Waals surface area contributed by atoms with Crippen LogP contribution in [0.1, 0.15) is 82.2 Å². The van der Waals surface area contributed by atoms with Crippen molar-refractivity contribution in [1.29, 1.82) is 0 Å². The van der Waals surface area contributed by atoms with Crippen molar-refractivity contribution in [3.8, 4) is 16.9 Å². The highest BCUT2D eigenvalue weighted by Gasteiger charge is 2.64. The molecule has 452 valence electrons. The number of para-hydroxylation sites is 1. The van der Waals surface area contributed by atoms with Crippen molar-refractivity contribution in [2.24, 2.45) is 5.92 Å². The molecule has 20 nitrogen and oxygen atoms in total. The third-order valence-corrected chi connectivity index (χ3v) is 17.6. The van der Waals surface area contributed by atoms with E-state index in [1.807, 2.05) is 72.2 Å². The Hall–Kier alpha value is -7.75. The minimum absolute atomic E-state index is 0.0162. The first-order chi connectivity index (χ1) is 40.5. The van der Waals surface area contributed by atoms with Gasteiger partial charge in [-0.05, 0) is 91.6 Å². The highest BCUT2D eigenvalue weighted by molar-refractivity contribution is 6.35. The number of hydrogen-bond donors (Lipinski definition) is 3. The number of esters is 1. The standard InChI is InChI=1S/C64H76ClN7O13/c1-37-19-18-26-53(81-11)64(79)34-52(83-61(77)67-64)38(2)58-63(5,85-58)54(33-56(74)70(8)50-30-41(29-37)31-51(80-10)57(50)65)84-60(76)40(4)69(7)59(75)39(3)66-55(73)27-28-72-43(32-42-20-12-17-25-49(42)72)35-68(6)71(9)62(78)82-36-48-46-23-15-13-21-44(46)45-22-14-16-24-47(45)48/h12-26,30-32,38-40,48,52-54,58,79H,27-29,33-36H2,1-11H3,(H,66,73)(H,67,77)/b26-18+,37-19+/t38-,39?,40+,52+,53-,54+,58?,63+,64+/m1/s1. The molecule has 3 aliphatic heterocycles. The number of amides is 5. The Morgan fingerprint density at radius 1 is 0.953 bits per heavy atom. The lowest BCUT2D eigenvalue weighted by atomic mass is 9.83. The molecular formula is C64H76ClN7O13. The number of carbonyl (C=O) groups is 6. The predicted octanol–water partition coefficient (Wildman–Crippen LogP) is 8.29. The lowest BCUT2D eigenvalue weighted by Gasteiger charge is -2.42. The van der Waals surface area contributed by atoms with E-state index in [1.165, 1.54) is 49.9 Å². The summed E-state index contributed by atoms with van der Waals surface area (Å²) >= 11 is 6.87. The van der Waals surface area contributed by atoms with E-state index in [9.17, 15) is 33.9 Å². The number of anilines is 1. The number of nitrogens with one attached hydrogen (secondary N) is 2. The zero-order chi connectivity index (χ0) is 61.2. The number of methoxy groups -OCH3 is 2. The first-order valence-corrected chi connectivity index (χ1v) is 28.9. The van der Waals surface area contributed by atoms with Crippen LogP contribution < -0.4 is 20.3 Å². The number of hydrogen-bond acceptors (Lipinski definition) is 14. The third-order valence-electron chi connectivity index (χ3n) is 17.2. The number of fused-ring (bicyclic) bond motifs is 9. The Morgan fingerprint density at radius 3 is 2.31 bits per heavy atom. The second-order valence-corrected chi connectivity index (χ2v) is 23.3. The van der Waals surface area contributed by atoms with E-state index in [0.717, 1.165) is 50.0 Å². The summed E-state index contributed by atoms with van der Waals surface area (Å²) in [5, 5.41) is 21.6. The fourth-order valence-electron chi connectivity index (χ4n) is 11.9. The number of benzene rings is 4. The van der Waals surface area contributed by atoms with E-state index in [0.29, 0.717) is 24.4 Å². The van der Waals surface area contributed by atoms with E-state index < -0.39 is 96.0 Å². The lowest BCUT2D eigenvalue weighted by Crippen LogP contribution is -2.63. The largest absolute Gasteiger partial charge is 0.495 e. The molecule has 9 rings (SSSR count). The fraction of sp³-hybridized carbons (Fsp3) is 0.438. The van der Waals surface area contributed by atoms with Gasteiger partial charge in [-0.25, -0.2) is 24.4 Å². The average molecular weight is 1190 g/mol. The number of nitrogens with zero attached hydrogens (tertiary/aromatic N) is 5. The highest BCUT2D eigenvalue weighted by atomic mass is 35.5. The topological polar surface area (TPSA) is 223 Å². The average Bonchev–Trinajstić information content (AvgIpc) is 3.46. The smallest absolute Gasteiger partial charge is 0.424 e. The second-order valence-electron chi connectivity index (χ2n) is 22.9. The summed E-state index contributed by atoms with van der Waals surface area (Å²) in [7, 11) is 9.30. The lowest BCUT2D eigenvalue weighted by molar-refractivity contribution is -0.162. The maximum absolute atomic E-state index is 14.5. The highest BCUT2D eigenvalue weighted by Crippen LogP contribution is 2.50. The minimum atomic E-state index is -1.89. The van der Waals surface area contributed by atoms with Crippen LogP contribution in [0, 0.1) is 5.92 Å². The molecule has 4 bridgehead atoms. The molecule has 85 heavy (non-hydrogen) atoms. The van der Waals surface area contributed by atoms with Crippen LogP contribution >= 0.6 is 11.6 Å². The number of hydrazine groups is 1. The Morgan fingerprint density at radius 2 is 1.62 bits per heavy atom. The molecule has 9 atom stereocenters.